The summed E-state index contributed by atoms with van der Waals surface area (Å²) in [5.74, 6) is 1.25. The first-order chi connectivity index (χ1) is 14.6. The van der Waals surface area contributed by atoms with Crippen molar-refractivity contribution in [2.24, 2.45) is 0 Å². The monoisotopic (exact) mass is 403 g/mol. The number of hydrogen-bond donors (Lipinski definition) is 1. The van der Waals surface area contributed by atoms with E-state index in [9.17, 15) is 4.79 Å². The Kier molecular flexibility index (Phi) is 4.42. The van der Waals surface area contributed by atoms with Crippen molar-refractivity contribution in [3.63, 3.8) is 0 Å². The van der Waals surface area contributed by atoms with Gasteiger partial charge >= 0.3 is 0 Å². The summed E-state index contributed by atoms with van der Waals surface area (Å²) in [6.07, 6.45) is 3.81. The van der Waals surface area contributed by atoms with Crippen molar-refractivity contribution in [3.05, 3.63) is 72.1 Å². The summed E-state index contributed by atoms with van der Waals surface area (Å²) < 4.78 is 12.9. The van der Waals surface area contributed by atoms with Gasteiger partial charge in [-0.15, -0.1) is 0 Å². The highest BCUT2D eigenvalue weighted by atomic mass is 16.5. The summed E-state index contributed by atoms with van der Waals surface area (Å²) in [5.41, 5.74) is 3.99. The quantitative estimate of drug-likeness (QED) is 0.717. The molecular formula is C24H25N3O3. The first-order valence-electron chi connectivity index (χ1n) is 10.2. The van der Waals surface area contributed by atoms with Gasteiger partial charge in [-0.25, -0.2) is 0 Å². The molecule has 1 saturated heterocycles. The van der Waals surface area contributed by atoms with E-state index < -0.39 is 0 Å². The van der Waals surface area contributed by atoms with E-state index >= 15 is 0 Å². The number of methoxy groups -OCH3 is 2. The van der Waals surface area contributed by atoms with Gasteiger partial charge < -0.3 is 24.3 Å². The number of anilines is 1. The molecule has 0 atom stereocenters. The Balaban J connectivity index is 1.39. The smallest absolute Gasteiger partial charge is 0.254 e. The summed E-state index contributed by atoms with van der Waals surface area (Å²) in [4.78, 5) is 15.1. The molecule has 0 bridgehead atoms. The SMILES string of the molecule is COc1cc(OC)cc(C(=O)N2CCC3(CC2)Nc2ccccc2-n2cccc23)c1. The molecule has 1 aromatic heterocycles. The minimum atomic E-state index is -0.166. The Labute approximate surface area is 176 Å². The molecule has 0 radical (unpaired) electrons. The lowest BCUT2D eigenvalue weighted by molar-refractivity contribution is 0.0675. The molecule has 1 N–H and O–H groups in total. The number of piperidine rings is 1. The van der Waals surface area contributed by atoms with E-state index in [4.69, 9.17) is 9.47 Å². The number of rotatable bonds is 3. The Bertz CT molecular complexity index is 1070. The van der Waals surface area contributed by atoms with Crippen LogP contribution in [0.25, 0.3) is 5.69 Å². The zero-order valence-electron chi connectivity index (χ0n) is 17.2. The highest BCUT2D eigenvalue weighted by molar-refractivity contribution is 5.95. The standard InChI is InChI=1S/C24H25N3O3/c1-29-18-14-17(15-19(16-18)30-2)23(28)26-12-9-24(10-13-26)22-8-5-11-27(22)21-7-4-3-6-20(21)25-24/h3-8,11,14-16,25H,9-10,12-13H2,1-2H3. The fourth-order valence-corrected chi connectivity index (χ4v) is 4.68. The Morgan fingerprint density at radius 3 is 2.37 bits per heavy atom. The van der Waals surface area contributed by atoms with Crippen LogP contribution in [-0.2, 0) is 5.54 Å². The summed E-state index contributed by atoms with van der Waals surface area (Å²) in [6, 6.07) is 18.0. The van der Waals surface area contributed by atoms with Gasteiger partial charge in [-0.2, -0.15) is 0 Å². The summed E-state index contributed by atoms with van der Waals surface area (Å²) in [5, 5.41) is 3.79. The average Bonchev–Trinajstić information content (AvgIpc) is 3.30. The van der Waals surface area contributed by atoms with Crippen molar-refractivity contribution >= 4 is 11.6 Å². The van der Waals surface area contributed by atoms with Gasteiger partial charge in [0.25, 0.3) is 5.91 Å². The minimum absolute atomic E-state index is 0.00800. The van der Waals surface area contributed by atoms with E-state index in [1.54, 1.807) is 32.4 Å². The average molecular weight is 403 g/mol. The Morgan fingerprint density at radius 2 is 1.67 bits per heavy atom. The molecule has 1 spiro atoms. The number of amides is 1. The van der Waals surface area contributed by atoms with Gasteiger partial charge in [-0.3, -0.25) is 4.79 Å². The van der Waals surface area contributed by atoms with Crippen molar-refractivity contribution < 1.29 is 14.3 Å². The number of nitrogens with zero attached hydrogens (tertiary/aromatic N) is 2. The van der Waals surface area contributed by atoms with E-state index in [0.717, 1.165) is 18.5 Å². The number of para-hydroxylation sites is 2. The van der Waals surface area contributed by atoms with Crippen molar-refractivity contribution in [3.8, 4) is 17.2 Å². The fraction of sp³-hybridized carbons (Fsp3) is 0.292. The second kappa shape index (κ2) is 7.13. The van der Waals surface area contributed by atoms with Crippen LogP contribution in [0.5, 0.6) is 11.5 Å². The molecule has 6 heteroatoms. The second-order valence-corrected chi connectivity index (χ2v) is 7.88. The van der Waals surface area contributed by atoms with E-state index in [2.05, 4.69) is 52.5 Å². The molecule has 0 aliphatic carbocycles. The maximum atomic E-state index is 13.2. The Morgan fingerprint density at radius 1 is 0.967 bits per heavy atom. The van der Waals surface area contributed by atoms with E-state index in [0.29, 0.717) is 30.2 Å². The number of nitrogens with one attached hydrogen (secondary N) is 1. The third-order valence-electron chi connectivity index (χ3n) is 6.28. The molecule has 5 rings (SSSR count). The lowest BCUT2D eigenvalue weighted by Crippen LogP contribution is -2.51. The molecule has 0 unspecified atom stereocenters. The number of benzene rings is 2. The van der Waals surface area contributed by atoms with Crippen LogP contribution >= 0.6 is 0 Å². The predicted octanol–water partition coefficient (Wildman–Crippen LogP) is 4.05. The number of fused-ring (bicyclic) bond motifs is 4. The molecule has 2 aromatic carbocycles. The van der Waals surface area contributed by atoms with Gasteiger partial charge in [0, 0.05) is 36.6 Å². The maximum absolute atomic E-state index is 13.2. The van der Waals surface area contributed by atoms with Gasteiger partial charge in [0.1, 0.15) is 11.5 Å². The van der Waals surface area contributed by atoms with Crippen molar-refractivity contribution in [1.82, 2.24) is 9.47 Å². The molecule has 0 saturated carbocycles. The lowest BCUT2D eigenvalue weighted by Gasteiger charge is -2.46. The zero-order valence-corrected chi connectivity index (χ0v) is 17.2. The van der Waals surface area contributed by atoms with Gasteiger partial charge in [-0.1, -0.05) is 12.1 Å². The molecule has 154 valence electrons. The van der Waals surface area contributed by atoms with Crippen LogP contribution in [0.4, 0.5) is 5.69 Å². The molecule has 3 heterocycles. The molecule has 30 heavy (non-hydrogen) atoms. The third kappa shape index (κ3) is 2.91. The predicted molar refractivity (Wildman–Crippen MR) is 116 cm³/mol. The van der Waals surface area contributed by atoms with Crippen LogP contribution in [0.1, 0.15) is 28.9 Å². The zero-order chi connectivity index (χ0) is 20.7. The molecule has 3 aromatic rings. The first kappa shape index (κ1) is 18.6. The normalized spacial score (nSPS) is 16.4. The van der Waals surface area contributed by atoms with Crippen molar-refractivity contribution in [2.75, 3.05) is 32.6 Å². The van der Waals surface area contributed by atoms with Crippen LogP contribution in [-0.4, -0.2) is 42.7 Å². The highest BCUT2D eigenvalue weighted by Crippen LogP contribution is 2.43. The number of ether oxygens (including phenoxy) is 2. The van der Waals surface area contributed by atoms with Crippen molar-refractivity contribution in [1.29, 1.82) is 0 Å². The van der Waals surface area contributed by atoms with Crippen LogP contribution in [0.3, 0.4) is 0 Å². The number of aromatic nitrogens is 1. The molecule has 1 fully saturated rings. The number of hydrogen-bond acceptors (Lipinski definition) is 4. The first-order valence-corrected chi connectivity index (χ1v) is 10.2. The minimum Gasteiger partial charge on any atom is -0.497 e. The molecule has 2 aliphatic heterocycles. The Hall–Kier alpha value is -3.41. The van der Waals surface area contributed by atoms with Gasteiger partial charge in [0.05, 0.1) is 31.1 Å². The van der Waals surface area contributed by atoms with Crippen LogP contribution < -0.4 is 14.8 Å². The molecule has 2 aliphatic rings. The second-order valence-electron chi connectivity index (χ2n) is 7.88. The van der Waals surface area contributed by atoms with Crippen LogP contribution in [0.15, 0.2) is 60.8 Å². The fourth-order valence-electron chi connectivity index (χ4n) is 4.68. The maximum Gasteiger partial charge on any atom is 0.254 e. The summed E-state index contributed by atoms with van der Waals surface area (Å²) in [7, 11) is 3.19. The summed E-state index contributed by atoms with van der Waals surface area (Å²) in [6.45, 7) is 1.36. The highest BCUT2D eigenvalue weighted by Gasteiger charge is 2.42. The van der Waals surface area contributed by atoms with Gasteiger partial charge in [0.2, 0.25) is 0 Å². The van der Waals surface area contributed by atoms with E-state index in [1.807, 2.05) is 4.90 Å². The van der Waals surface area contributed by atoms with Crippen LogP contribution in [0.2, 0.25) is 0 Å². The lowest BCUT2D eigenvalue weighted by atomic mass is 9.82. The molecule has 1 amide bonds. The number of likely N-dealkylation sites (tertiary alicyclic amines) is 1. The number of carbonyl (C=O) groups is 1. The van der Waals surface area contributed by atoms with Crippen LogP contribution in [0, 0.1) is 0 Å². The van der Waals surface area contributed by atoms with Gasteiger partial charge in [0.15, 0.2) is 0 Å². The van der Waals surface area contributed by atoms with E-state index in [-0.39, 0.29) is 11.4 Å². The molecular weight excluding hydrogens is 378 g/mol. The van der Waals surface area contributed by atoms with E-state index in [1.165, 1.54) is 11.4 Å². The largest absolute Gasteiger partial charge is 0.497 e. The molecule has 6 nitrogen and oxygen atoms in total. The van der Waals surface area contributed by atoms with Crippen molar-refractivity contribution in [2.45, 2.75) is 18.4 Å². The third-order valence-corrected chi connectivity index (χ3v) is 6.28. The van der Waals surface area contributed by atoms with Gasteiger partial charge in [-0.05, 0) is 49.2 Å². The number of carbonyl (C=O) groups excluding carboxylic acids is 1. The summed E-state index contributed by atoms with van der Waals surface area (Å²) >= 11 is 0. The topological polar surface area (TPSA) is 55.7 Å².